The largest absolute Gasteiger partial charge is 0.376 e. The lowest BCUT2D eigenvalue weighted by molar-refractivity contribution is 0.153. The van der Waals surface area contributed by atoms with Gasteiger partial charge in [-0.3, -0.25) is 0 Å². The summed E-state index contributed by atoms with van der Waals surface area (Å²) in [4.78, 5) is 0. The van der Waals surface area contributed by atoms with Crippen LogP contribution in [-0.4, -0.2) is 13.2 Å². The van der Waals surface area contributed by atoms with Crippen molar-refractivity contribution in [2.24, 2.45) is 0 Å². The van der Waals surface area contributed by atoms with Gasteiger partial charge in [0.2, 0.25) is 0 Å². The fourth-order valence-corrected chi connectivity index (χ4v) is 1.44. The summed E-state index contributed by atoms with van der Waals surface area (Å²) in [7, 11) is 0. The van der Waals surface area contributed by atoms with Crippen molar-refractivity contribution in [2.45, 2.75) is 6.42 Å². The smallest absolute Gasteiger partial charge is 0.108 e. The van der Waals surface area contributed by atoms with Crippen molar-refractivity contribution in [3.8, 4) is 0 Å². The van der Waals surface area contributed by atoms with Gasteiger partial charge in [-0.15, -0.1) is 0 Å². The first-order chi connectivity index (χ1) is 6.38. The molecule has 68 valence electrons. The summed E-state index contributed by atoms with van der Waals surface area (Å²) < 4.78 is 18.5. The lowest BCUT2D eigenvalue weighted by Gasteiger charge is -2.15. The van der Waals surface area contributed by atoms with Crippen molar-refractivity contribution in [1.29, 1.82) is 0 Å². The van der Waals surface area contributed by atoms with Gasteiger partial charge in [0, 0.05) is 12.0 Å². The Morgan fingerprint density at radius 2 is 1.92 bits per heavy atom. The van der Waals surface area contributed by atoms with Crippen molar-refractivity contribution < 1.29 is 9.13 Å². The lowest BCUT2D eigenvalue weighted by Crippen LogP contribution is -2.08. The third-order valence-corrected chi connectivity index (χ3v) is 2.16. The van der Waals surface area contributed by atoms with Crippen molar-refractivity contribution in [1.82, 2.24) is 0 Å². The second-order valence-corrected chi connectivity index (χ2v) is 3.05. The first-order valence-electron chi connectivity index (χ1n) is 4.38. The van der Waals surface area contributed by atoms with E-state index in [2.05, 4.69) is 0 Å². The van der Waals surface area contributed by atoms with E-state index >= 15 is 0 Å². The normalized spacial score (nSPS) is 17.6. The molecule has 0 aromatic heterocycles. The maximum atomic E-state index is 13.3. The van der Waals surface area contributed by atoms with E-state index in [4.69, 9.17) is 4.74 Å². The predicted octanol–water partition coefficient (Wildman–Crippen LogP) is 2.79. The lowest BCUT2D eigenvalue weighted by atomic mass is 10.0. The Kier molecular flexibility index (Phi) is 2.41. The molecule has 2 rings (SSSR count). The molecule has 0 saturated carbocycles. The van der Waals surface area contributed by atoms with Gasteiger partial charge in [-0.2, -0.15) is 0 Å². The van der Waals surface area contributed by atoms with Crippen LogP contribution in [0.4, 0.5) is 4.39 Å². The minimum atomic E-state index is -0.0301. The van der Waals surface area contributed by atoms with Crippen LogP contribution in [0, 0.1) is 0 Å². The molecule has 0 N–H and O–H groups in total. The van der Waals surface area contributed by atoms with Gasteiger partial charge in [0.25, 0.3) is 0 Å². The molecule has 0 fully saturated rings. The number of hydrogen-bond donors (Lipinski definition) is 0. The molecule has 0 unspecified atom stereocenters. The van der Waals surface area contributed by atoms with Gasteiger partial charge in [-0.1, -0.05) is 30.3 Å². The second kappa shape index (κ2) is 3.71. The summed E-state index contributed by atoms with van der Waals surface area (Å²) in [6.45, 7) is 0.901. The van der Waals surface area contributed by atoms with Gasteiger partial charge in [-0.05, 0) is 5.56 Å². The number of benzene rings is 1. The molecule has 1 aliphatic heterocycles. The average Bonchev–Trinajstić information content (AvgIpc) is 2.20. The molecule has 0 bridgehead atoms. The fourth-order valence-electron chi connectivity index (χ4n) is 1.44. The number of hydrogen-bond acceptors (Lipinski definition) is 1. The second-order valence-electron chi connectivity index (χ2n) is 3.05. The van der Waals surface area contributed by atoms with E-state index in [9.17, 15) is 4.39 Å². The Hall–Kier alpha value is -1.15. The summed E-state index contributed by atoms with van der Waals surface area (Å²) in [6.07, 6.45) is 0.407. The molecule has 0 saturated heterocycles. The summed E-state index contributed by atoms with van der Waals surface area (Å²) in [5.41, 5.74) is 1.63. The van der Waals surface area contributed by atoms with E-state index in [0.717, 1.165) is 5.56 Å². The minimum absolute atomic E-state index is 0.0301. The molecule has 1 aromatic carbocycles. The number of rotatable bonds is 1. The molecular formula is C11H11FO. The van der Waals surface area contributed by atoms with E-state index in [1.807, 2.05) is 30.3 Å². The monoisotopic (exact) mass is 178 g/mol. The van der Waals surface area contributed by atoms with E-state index < -0.39 is 0 Å². The quantitative estimate of drug-likeness (QED) is 0.642. The zero-order valence-corrected chi connectivity index (χ0v) is 7.29. The van der Waals surface area contributed by atoms with Gasteiger partial charge in [0.15, 0.2) is 0 Å². The van der Waals surface area contributed by atoms with E-state index in [1.165, 1.54) is 0 Å². The molecule has 0 aliphatic carbocycles. The third kappa shape index (κ3) is 1.78. The van der Waals surface area contributed by atoms with Crippen LogP contribution in [0.5, 0.6) is 0 Å². The topological polar surface area (TPSA) is 9.23 Å². The molecule has 1 nitrogen and oxygen atoms in total. The van der Waals surface area contributed by atoms with E-state index in [1.54, 1.807) is 0 Å². The Labute approximate surface area is 76.8 Å². The highest BCUT2D eigenvalue weighted by Crippen LogP contribution is 2.25. The molecular weight excluding hydrogens is 167 g/mol. The van der Waals surface area contributed by atoms with Crippen molar-refractivity contribution in [2.75, 3.05) is 13.2 Å². The summed E-state index contributed by atoms with van der Waals surface area (Å²) in [5.74, 6) is -0.0301. The maximum Gasteiger partial charge on any atom is 0.108 e. The maximum absolute atomic E-state index is 13.3. The first-order valence-corrected chi connectivity index (χ1v) is 4.38. The van der Waals surface area contributed by atoms with Crippen LogP contribution in [0.3, 0.4) is 0 Å². The first kappa shape index (κ1) is 8.45. The number of ether oxygens (including phenoxy) is 1. The SMILES string of the molecule is FC1=C(c2ccccc2)COCC1. The molecule has 0 spiro atoms. The Morgan fingerprint density at radius 1 is 1.15 bits per heavy atom. The van der Waals surface area contributed by atoms with Crippen LogP contribution in [0.2, 0.25) is 0 Å². The Bertz CT molecular complexity index is 316. The molecule has 1 aromatic rings. The van der Waals surface area contributed by atoms with E-state index in [-0.39, 0.29) is 5.83 Å². The highest BCUT2D eigenvalue weighted by molar-refractivity contribution is 5.68. The van der Waals surface area contributed by atoms with Crippen LogP contribution < -0.4 is 0 Å². The van der Waals surface area contributed by atoms with E-state index in [0.29, 0.717) is 25.2 Å². The van der Waals surface area contributed by atoms with Crippen LogP contribution in [0.25, 0.3) is 5.57 Å². The highest BCUT2D eigenvalue weighted by Gasteiger charge is 2.13. The predicted molar refractivity (Wildman–Crippen MR) is 49.9 cm³/mol. The summed E-state index contributed by atoms with van der Waals surface area (Å²) >= 11 is 0. The Morgan fingerprint density at radius 3 is 2.62 bits per heavy atom. The van der Waals surface area contributed by atoms with Crippen LogP contribution >= 0.6 is 0 Å². The summed E-state index contributed by atoms with van der Waals surface area (Å²) in [5, 5.41) is 0. The van der Waals surface area contributed by atoms with Crippen molar-refractivity contribution in [3.05, 3.63) is 41.7 Å². The average molecular weight is 178 g/mol. The molecule has 13 heavy (non-hydrogen) atoms. The van der Waals surface area contributed by atoms with Gasteiger partial charge >= 0.3 is 0 Å². The van der Waals surface area contributed by atoms with Gasteiger partial charge in [-0.25, -0.2) is 4.39 Å². The highest BCUT2D eigenvalue weighted by atomic mass is 19.1. The van der Waals surface area contributed by atoms with Crippen LogP contribution in [-0.2, 0) is 4.74 Å². The summed E-state index contributed by atoms with van der Waals surface area (Å²) in [6, 6.07) is 9.55. The minimum Gasteiger partial charge on any atom is -0.376 e. The van der Waals surface area contributed by atoms with Gasteiger partial charge in [0.1, 0.15) is 5.83 Å². The number of halogens is 1. The molecule has 0 radical (unpaired) electrons. The zero-order valence-electron chi connectivity index (χ0n) is 7.29. The Balaban J connectivity index is 2.35. The standard InChI is InChI=1S/C11H11FO/c12-11-6-7-13-8-10(11)9-4-2-1-3-5-9/h1-5H,6-8H2. The molecule has 0 atom stereocenters. The van der Waals surface area contributed by atoms with Crippen LogP contribution in [0.15, 0.2) is 36.2 Å². The van der Waals surface area contributed by atoms with Crippen LogP contribution in [0.1, 0.15) is 12.0 Å². The van der Waals surface area contributed by atoms with Gasteiger partial charge in [0.05, 0.1) is 13.2 Å². The van der Waals surface area contributed by atoms with Gasteiger partial charge < -0.3 is 4.74 Å². The zero-order chi connectivity index (χ0) is 9.10. The fraction of sp³-hybridized carbons (Fsp3) is 0.273. The molecule has 1 heterocycles. The van der Waals surface area contributed by atoms with Crippen molar-refractivity contribution >= 4 is 5.57 Å². The molecule has 2 heteroatoms. The molecule has 0 amide bonds. The molecule has 1 aliphatic rings. The third-order valence-electron chi connectivity index (χ3n) is 2.16. The van der Waals surface area contributed by atoms with Crippen molar-refractivity contribution in [3.63, 3.8) is 0 Å².